The molecule has 1 atom stereocenters. The lowest BCUT2D eigenvalue weighted by atomic mass is 9.98. The van der Waals surface area contributed by atoms with Crippen LogP contribution in [0.1, 0.15) is 22.8 Å². The van der Waals surface area contributed by atoms with Gasteiger partial charge >= 0.3 is 6.18 Å². The van der Waals surface area contributed by atoms with Crippen molar-refractivity contribution in [2.24, 2.45) is 0 Å². The fraction of sp³-hybridized carbons (Fsp3) is 0.214. The van der Waals surface area contributed by atoms with Gasteiger partial charge in [0, 0.05) is 18.0 Å². The quantitative estimate of drug-likeness (QED) is 0.940. The molecule has 3 nitrogen and oxygen atoms in total. The van der Waals surface area contributed by atoms with E-state index in [1.54, 1.807) is 12.1 Å². The summed E-state index contributed by atoms with van der Waals surface area (Å²) < 4.78 is 43.7. The standard InChI is InChI=1S/C14H12F3NO2/c1-20-10-4-2-3-9(7-10)13(19)11-8-18-6-5-12(11)14(15,16)17/h2-8,13,19H,1H3. The summed E-state index contributed by atoms with van der Waals surface area (Å²) in [5.74, 6) is 0.457. The van der Waals surface area contributed by atoms with Crippen LogP contribution in [0.5, 0.6) is 5.75 Å². The lowest BCUT2D eigenvalue weighted by Gasteiger charge is -2.17. The van der Waals surface area contributed by atoms with E-state index in [2.05, 4.69) is 4.98 Å². The van der Waals surface area contributed by atoms with Gasteiger partial charge in [0.1, 0.15) is 11.9 Å². The Bertz CT molecular complexity index is 599. The van der Waals surface area contributed by atoms with Crippen LogP contribution >= 0.6 is 0 Å². The molecule has 0 aliphatic carbocycles. The molecule has 0 radical (unpaired) electrons. The molecule has 0 spiro atoms. The maximum absolute atomic E-state index is 12.9. The zero-order valence-corrected chi connectivity index (χ0v) is 10.6. The van der Waals surface area contributed by atoms with Gasteiger partial charge in [0.2, 0.25) is 0 Å². The van der Waals surface area contributed by atoms with E-state index in [0.29, 0.717) is 11.3 Å². The number of benzene rings is 1. The van der Waals surface area contributed by atoms with Gasteiger partial charge < -0.3 is 9.84 Å². The van der Waals surface area contributed by atoms with Crippen LogP contribution in [0, 0.1) is 0 Å². The Kier molecular flexibility index (Phi) is 3.94. The lowest BCUT2D eigenvalue weighted by molar-refractivity contribution is -0.139. The molecule has 1 heterocycles. The molecule has 6 heteroatoms. The monoisotopic (exact) mass is 283 g/mol. The average molecular weight is 283 g/mol. The van der Waals surface area contributed by atoms with Crippen molar-refractivity contribution >= 4 is 0 Å². The number of halogens is 3. The first-order valence-electron chi connectivity index (χ1n) is 5.76. The van der Waals surface area contributed by atoms with Crippen molar-refractivity contribution < 1.29 is 23.0 Å². The van der Waals surface area contributed by atoms with E-state index in [-0.39, 0.29) is 5.56 Å². The number of rotatable bonds is 3. The first-order valence-corrected chi connectivity index (χ1v) is 5.76. The Morgan fingerprint density at radius 1 is 1.25 bits per heavy atom. The smallest absolute Gasteiger partial charge is 0.416 e. The normalized spacial score (nSPS) is 13.1. The highest BCUT2D eigenvalue weighted by molar-refractivity contribution is 5.38. The molecule has 0 saturated carbocycles. The van der Waals surface area contributed by atoms with E-state index in [1.807, 2.05) is 0 Å². The van der Waals surface area contributed by atoms with Gasteiger partial charge in [0.05, 0.1) is 12.7 Å². The van der Waals surface area contributed by atoms with Crippen LogP contribution in [0.4, 0.5) is 13.2 Å². The Hall–Kier alpha value is -2.08. The number of hydrogen-bond acceptors (Lipinski definition) is 3. The molecule has 1 unspecified atom stereocenters. The minimum Gasteiger partial charge on any atom is -0.497 e. The molecule has 0 fully saturated rings. The SMILES string of the molecule is COc1cccc(C(O)c2cnccc2C(F)(F)F)c1. The van der Waals surface area contributed by atoms with Crippen molar-refractivity contribution in [2.75, 3.05) is 7.11 Å². The van der Waals surface area contributed by atoms with Crippen molar-refractivity contribution in [3.63, 3.8) is 0 Å². The van der Waals surface area contributed by atoms with Crippen molar-refractivity contribution in [1.29, 1.82) is 0 Å². The second-order valence-corrected chi connectivity index (χ2v) is 4.14. The number of methoxy groups -OCH3 is 1. The highest BCUT2D eigenvalue weighted by atomic mass is 19.4. The fourth-order valence-corrected chi connectivity index (χ4v) is 1.87. The van der Waals surface area contributed by atoms with Gasteiger partial charge in [-0.3, -0.25) is 4.98 Å². The number of aliphatic hydroxyl groups excluding tert-OH is 1. The van der Waals surface area contributed by atoms with Crippen LogP contribution in [0.25, 0.3) is 0 Å². The number of nitrogens with zero attached hydrogens (tertiary/aromatic N) is 1. The summed E-state index contributed by atoms with van der Waals surface area (Å²) in [5.41, 5.74) is -0.876. The van der Waals surface area contributed by atoms with Crippen LogP contribution in [-0.2, 0) is 6.18 Å². The van der Waals surface area contributed by atoms with E-state index in [9.17, 15) is 18.3 Å². The van der Waals surface area contributed by atoms with Crippen LogP contribution in [0.3, 0.4) is 0 Å². The van der Waals surface area contributed by atoms with E-state index in [0.717, 1.165) is 18.5 Å². The number of alkyl halides is 3. The summed E-state index contributed by atoms with van der Waals surface area (Å²) >= 11 is 0. The van der Waals surface area contributed by atoms with Gasteiger partial charge in [-0.1, -0.05) is 12.1 Å². The maximum atomic E-state index is 12.9. The summed E-state index contributed by atoms with van der Waals surface area (Å²) in [4.78, 5) is 3.66. The summed E-state index contributed by atoms with van der Waals surface area (Å²) in [7, 11) is 1.44. The number of aliphatic hydroxyl groups is 1. The molecular formula is C14H12F3NO2. The van der Waals surface area contributed by atoms with Crippen LogP contribution in [-0.4, -0.2) is 17.2 Å². The molecule has 2 aromatic rings. The number of ether oxygens (including phenoxy) is 1. The van der Waals surface area contributed by atoms with E-state index >= 15 is 0 Å². The Morgan fingerprint density at radius 2 is 2.00 bits per heavy atom. The summed E-state index contributed by atoms with van der Waals surface area (Å²) in [6.45, 7) is 0. The third-order valence-electron chi connectivity index (χ3n) is 2.86. The molecule has 0 aliphatic rings. The Balaban J connectivity index is 2.45. The van der Waals surface area contributed by atoms with E-state index in [4.69, 9.17) is 4.74 Å². The Labute approximate surface area is 113 Å². The molecule has 1 N–H and O–H groups in total. The summed E-state index contributed by atoms with van der Waals surface area (Å²) in [6, 6.07) is 7.10. The summed E-state index contributed by atoms with van der Waals surface area (Å²) in [6.07, 6.45) is -3.90. The maximum Gasteiger partial charge on any atom is 0.416 e. The zero-order chi connectivity index (χ0) is 14.8. The molecule has 0 amide bonds. The Morgan fingerprint density at radius 3 is 2.65 bits per heavy atom. The van der Waals surface area contributed by atoms with Crippen molar-refractivity contribution in [3.05, 3.63) is 59.4 Å². The predicted octanol–water partition coefficient (Wildman–Crippen LogP) is 3.19. The van der Waals surface area contributed by atoms with Gasteiger partial charge in [-0.05, 0) is 23.8 Å². The highest BCUT2D eigenvalue weighted by Crippen LogP contribution is 2.36. The lowest BCUT2D eigenvalue weighted by Crippen LogP contribution is -2.13. The molecule has 2 rings (SSSR count). The van der Waals surface area contributed by atoms with Crippen LogP contribution < -0.4 is 4.74 Å². The van der Waals surface area contributed by atoms with Crippen LogP contribution in [0.2, 0.25) is 0 Å². The zero-order valence-electron chi connectivity index (χ0n) is 10.6. The van der Waals surface area contributed by atoms with Crippen molar-refractivity contribution in [1.82, 2.24) is 4.98 Å². The second-order valence-electron chi connectivity index (χ2n) is 4.14. The molecular weight excluding hydrogens is 271 g/mol. The number of hydrogen-bond donors (Lipinski definition) is 1. The minimum atomic E-state index is -4.54. The van der Waals surface area contributed by atoms with Crippen molar-refractivity contribution in [3.8, 4) is 5.75 Å². The second kappa shape index (κ2) is 5.50. The average Bonchev–Trinajstić information content (AvgIpc) is 2.45. The molecule has 1 aromatic heterocycles. The van der Waals surface area contributed by atoms with Crippen LogP contribution in [0.15, 0.2) is 42.7 Å². The van der Waals surface area contributed by atoms with Gasteiger partial charge in [-0.25, -0.2) is 0 Å². The third kappa shape index (κ3) is 2.91. The minimum absolute atomic E-state index is 0.284. The predicted molar refractivity (Wildman–Crippen MR) is 66.3 cm³/mol. The third-order valence-corrected chi connectivity index (χ3v) is 2.86. The van der Waals surface area contributed by atoms with E-state index in [1.165, 1.54) is 19.2 Å². The topological polar surface area (TPSA) is 42.4 Å². The fourth-order valence-electron chi connectivity index (χ4n) is 1.87. The molecule has 0 aliphatic heterocycles. The number of aromatic nitrogens is 1. The largest absolute Gasteiger partial charge is 0.497 e. The van der Waals surface area contributed by atoms with Crippen molar-refractivity contribution in [2.45, 2.75) is 12.3 Å². The molecule has 0 saturated heterocycles. The first kappa shape index (κ1) is 14.3. The van der Waals surface area contributed by atoms with Gasteiger partial charge in [-0.2, -0.15) is 13.2 Å². The molecule has 20 heavy (non-hydrogen) atoms. The number of pyridine rings is 1. The summed E-state index contributed by atoms with van der Waals surface area (Å²) in [5, 5.41) is 10.2. The molecule has 1 aromatic carbocycles. The van der Waals surface area contributed by atoms with Gasteiger partial charge in [0.15, 0.2) is 0 Å². The molecule has 0 bridgehead atoms. The highest BCUT2D eigenvalue weighted by Gasteiger charge is 2.35. The molecule has 106 valence electrons. The van der Waals surface area contributed by atoms with Gasteiger partial charge in [0.25, 0.3) is 0 Å². The van der Waals surface area contributed by atoms with E-state index < -0.39 is 17.8 Å². The van der Waals surface area contributed by atoms with Gasteiger partial charge in [-0.15, -0.1) is 0 Å². The first-order chi connectivity index (χ1) is 9.43.